The van der Waals surface area contributed by atoms with E-state index in [1.54, 1.807) is 11.8 Å². The van der Waals surface area contributed by atoms with Crippen LogP contribution in [0.25, 0.3) is 17.0 Å². The van der Waals surface area contributed by atoms with Crippen LogP contribution in [0, 0.1) is 0 Å². The first-order chi connectivity index (χ1) is 15.0. The molecule has 0 radical (unpaired) electrons. The van der Waals surface area contributed by atoms with Crippen molar-refractivity contribution >= 4 is 46.3 Å². The lowest BCUT2D eigenvalue weighted by Crippen LogP contribution is -2.46. The first-order valence-electron chi connectivity index (χ1n) is 10.0. The number of nitrogens with zero attached hydrogens (tertiary/aromatic N) is 3. The van der Waals surface area contributed by atoms with Gasteiger partial charge in [0, 0.05) is 27.7 Å². The smallest absolute Gasteiger partial charge is 0.258 e. The Morgan fingerprint density at radius 3 is 2.52 bits per heavy atom. The maximum Gasteiger partial charge on any atom is 0.258 e. The molecule has 160 valence electrons. The Balaban J connectivity index is 1.78. The quantitative estimate of drug-likeness (QED) is 0.340. The molecule has 31 heavy (non-hydrogen) atoms. The zero-order valence-corrected chi connectivity index (χ0v) is 19.9. The summed E-state index contributed by atoms with van der Waals surface area (Å²) < 4.78 is 5.76. The first kappa shape index (κ1) is 21.9. The van der Waals surface area contributed by atoms with E-state index in [9.17, 15) is 0 Å². The van der Waals surface area contributed by atoms with Crippen molar-refractivity contribution in [1.29, 1.82) is 0 Å². The molecule has 0 amide bonds. The van der Waals surface area contributed by atoms with E-state index in [2.05, 4.69) is 47.6 Å². The molecule has 0 saturated carbocycles. The van der Waals surface area contributed by atoms with Crippen LogP contribution >= 0.6 is 35.6 Å². The van der Waals surface area contributed by atoms with Gasteiger partial charge in [-0.25, -0.2) is 0 Å². The normalized spacial score (nSPS) is 16.6. The molecule has 3 aromatic rings. The van der Waals surface area contributed by atoms with Crippen molar-refractivity contribution in [2.24, 2.45) is 0 Å². The molecule has 0 spiro atoms. The Labute approximate surface area is 196 Å². The maximum absolute atomic E-state index is 6.11. The third kappa shape index (κ3) is 4.49. The third-order valence-corrected chi connectivity index (χ3v) is 6.59. The Morgan fingerprint density at radius 2 is 1.87 bits per heavy atom. The fourth-order valence-electron chi connectivity index (χ4n) is 3.65. The average molecular weight is 471 g/mol. The fraction of sp³-hybridized carbons (Fsp3) is 0.261. The van der Waals surface area contributed by atoms with Crippen molar-refractivity contribution in [2.75, 3.05) is 12.8 Å². The topological polar surface area (TPSA) is 54.2 Å². The molecule has 1 aliphatic heterocycles. The van der Waals surface area contributed by atoms with Crippen molar-refractivity contribution in [2.45, 2.75) is 31.2 Å². The summed E-state index contributed by atoms with van der Waals surface area (Å²) in [5, 5.41) is 9.09. The molecule has 1 N–H and O–H groups in total. The number of rotatable bonds is 6. The van der Waals surface area contributed by atoms with Crippen LogP contribution in [0.2, 0.25) is 5.02 Å². The lowest BCUT2D eigenvalue weighted by atomic mass is 9.95. The second kappa shape index (κ2) is 9.42. The molecular weight excluding hydrogens is 448 g/mol. The van der Waals surface area contributed by atoms with Crippen LogP contribution in [0.15, 0.2) is 63.6 Å². The van der Waals surface area contributed by atoms with Gasteiger partial charge in [0.1, 0.15) is 0 Å². The van der Waals surface area contributed by atoms with Gasteiger partial charge in [-0.1, -0.05) is 35.8 Å². The van der Waals surface area contributed by atoms with Gasteiger partial charge in [0.05, 0.1) is 11.6 Å². The van der Waals surface area contributed by atoms with Gasteiger partial charge in [-0.05, 0) is 73.8 Å². The summed E-state index contributed by atoms with van der Waals surface area (Å²) in [5.74, 6) is 1.05. The minimum Gasteiger partial charge on any atom is -0.351 e. The van der Waals surface area contributed by atoms with Gasteiger partial charge in [-0.2, -0.15) is 4.98 Å². The highest BCUT2D eigenvalue weighted by molar-refractivity contribution is 7.98. The number of thioether (sulfide) groups is 1. The zero-order chi connectivity index (χ0) is 22.0. The van der Waals surface area contributed by atoms with Gasteiger partial charge >= 0.3 is 0 Å². The fourth-order valence-corrected chi connectivity index (χ4v) is 4.53. The molecule has 2 aromatic carbocycles. The largest absolute Gasteiger partial charge is 0.351 e. The number of allylic oxidation sites excluding steroid dienone is 1. The molecule has 1 unspecified atom stereocenters. The van der Waals surface area contributed by atoms with E-state index in [0.29, 0.717) is 21.9 Å². The number of halogens is 1. The van der Waals surface area contributed by atoms with Crippen molar-refractivity contribution in [3.8, 4) is 11.4 Å². The van der Waals surface area contributed by atoms with Gasteiger partial charge in [0.2, 0.25) is 5.82 Å². The monoisotopic (exact) mass is 470 g/mol. The van der Waals surface area contributed by atoms with Crippen molar-refractivity contribution in [3.05, 3.63) is 70.7 Å². The number of hydrogen-bond acceptors (Lipinski definition) is 5. The standard InChI is InChI=1S/C23H23ClN4OS2/c1-4-13-28-14(2)19(20(25-23(28)30)15-5-9-17(24)10-6-15)22-26-21(27-29-22)16-7-11-18(31-3)12-8-16/h5-12,20H,4,13H2,1-3H3,(H,25,30). The van der Waals surface area contributed by atoms with Gasteiger partial charge in [0.25, 0.3) is 5.89 Å². The molecule has 1 atom stereocenters. The van der Waals surface area contributed by atoms with Crippen LogP contribution in [0.3, 0.4) is 0 Å². The summed E-state index contributed by atoms with van der Waals surface area (Å²) in [5.41, 5.74) is 3.88. The number of hydrogen-bond donors (Lipinski definition) is 1. The number of nitrogens with one attached hydrogen (secondary N) is 1. The molecule has 2 heterocycles. The summed E-state index contributed by atoms with van der Waals surface area (Å²) in [6.45, 7) is 4.99. The van der Waals surface area contributed by atoms with Crippen LogP contribution in [0.1, 0.15) is 37.8 Å². The Morgan fingerprint density at radius 1 is 1.16 bits per heavy atom. The lowest BCUT2D eigenvalue weighted by Gasteiger charge is -2.37. The molecule has 1 aliphatic rings. The van der Waals surface area contributed by atoms with Gasteiger partial charge in [-0.3, -0.25) is 0 Å². The van der Waals surface area contributed by atoms with Crippen LogP contribution < -0.4 is 5.32 Å². The van der Waals surface area contributed by atoms with E-state index in [-0.39, 0.29) is 6.04 Å². The van der Waals surface area contributed by atoms with E-state index >= 15 is 0 Å². The number of aromatic nitrogens is 2. The second-order valence-electron chi connectivity index (χ2n) is 7.24. The highest BCUT2D eigenvalue weighted by Gasteiger charge is 2.33. The molecule has 4 rings (SSSR count). The molecule has 0 aliphatic carbocycles. The van der Waals surface area contributed by atoms with Crippen LogP contribution in [-0.4, -0.2) is 33.0 Å². The summed E-state index contributed by atoms with van der Waals surface area (Å²) >= 11 is 13.5. The zero-order valence-electron chi connectivity index (χ0n) is 17.6. The minimum atomic E-state index is -0.204. The molecule has 0 bridgehead atoms. The van der Waals surface area contributed by atoms with Crippen LogP contribution in [0.4, 0.5) is 0 Å². The Bertz CT molecular complexity index is 1110. The van der Waals surface area contributed by atoms with E-state index in [1.165, 1.54) is 4.90 Å². The summed E-state index contributed by atoms with van der Waals surface area (Å²) in [7, 11) is 0. The predicted molar refractivity (Wildman–Crippen MR) is 131 cm³/mol. The lowest BCUT2D eigenvalue weighted by molar-refractivity contribution is 0.396. The minimum absolute atomic E-state index is 0.204. The highest BCUT2D eigenvalue weighted by atomic mass is 35.5. The predicted octanol–water partition coefficient (Wildman–Crippen LogP) is 6.18. The summed E-state index contributed by atoms with van der Waals surface area (Å²) in [6, 6.07) is 15.7. The Hall–Kier alpha value is -2.35. The van der Waals surface area contributed by atoms with Crippen molar-refractivity contribution < 1.29 is 4.52 Å². The molecule has 5 nitrogen and oxygen atoms in total. The number of thiocarbonyl (C=S) groups is 1. The molecule has 8 heteroatoms. The highest BCUT2D eigenvalue weighted by Crippen LogP contribution is 2.37. The van der Waals surface area contributed by atoms with Gasteiger partial charge in [0.15, 0.2) is 5.11 Å². The summed E-state index contributed by atoms with van der Waals surface area (Å²) in [4.78, 5) is 8.02. The van der Waals surface area contributed by atoms with E-state index in [4.69, 9.17) is 33.3 Å². The molecule has 1 aromatic heterocycles. The van der Waals surface area contributed by atoms with Crippen molar-refractivity contribution in [1.82, 2.24) is 20.4 Å². The SMILES string of the molecule is CCCN1C(=S)NC(c2ccc(Cl)cc2)C(c2nc(-c3ccc(SC)cc3)no2)=C1C. The molecule has 0 saturated heterocycles. The maximum atomic E-state index is 6.11. The van der Waals surface area contributed by atoms with E-state index in [1.807, 2.05) is 36.4 Å². The number of benzene rings is 2. The molecular formula is C23H23ClN4OS2. The van der Waals surface area contributed by atoms with E-state index < -0.39 is 0 Å². The van der Waals surface area contributed by atoms with Crippen molar-refractivity contribution in [3.63, 3.8) is 0 Å². The van der Waals surface area contributed by atoms with E-state index in [0.717, 1.165) is 35.4 Å². The average Bonchev–Trinajstić information content (AvgIpc) is 3.26. The summed E-state index contributed by atoms with van der Waals surface area (Å²) in [6.07, 6.45) is 3.02. The second-order valence-corrected chi connectivity index (χ2v) is 8.94. The third-order valence-electron chi connectivity index (χ3n) is 5.25. The van der Waals surface area contributed by atoms with Gasteiger partial charge < -0.3 is 14.7 Å². The Kier molecular flexibility index (Phi) is 6.65. The molecule has 0 fully saturated rings. The van der Waals surface area contributed by atoms with Crippen LogP contribution in [-0.2, 0) is 0 Å². The van der Waals surface area contributed by atoms with Crippen LogP contribution in [0.5, 0.6) is 0 Å². The first-order valence-corrected chi connectivity index (χ1v) is 12.1. The van der Waals surface area contributed by atoms with Gasteiger partial charge in [-0.15, -0.1) is 11.8 Å².